The second kappa shape index (κ2) is 4.20. The molecule has 0 spiro atoms. The van der Waals surface area contributed by atoms with Crippen LogP contribution in [0, 0.1) is 0 Å². The first-order valence-electron chi connectivity index (χ1n) is 4.09. The Labute approximate surface area is 86.1 Å². The maximum Gasteiger partial charge on any atom is 0.431 e. The van der Waals surface area contributed by atoms with E-state index in [0.29, 0.717) is 6.07 Å². The normalized spacial score (nSPS) is 12.2. The largest absolute Gasteiger partial charge is 0.431 e. The number of pyridine rings is 1. The van der Waals surface area contributed by atoms with Crippen molar-refractivity contribution in [2.45, 2.75) is 19.1 Å². The van der Waals surface area contributed by atoms with Crippen LogP contribution in [0.25, 0.3) is 0 Å². The molecular weight excluding hydrogens is 235 g/mol. The molecule has 1 rings (SSSR count). The molecule has 0 fully saturated rings. The predicted molar refractivity (Wildman–Crippen MR) is 44.9 cm³/mol. The van der Waals surface area contributed by atoms with E-state index in [1.165, 1.54) is 4.98 Å². The third-order valence-electron chi connectivity index (χ3n) is 1.91. The van der Waals surface area contributed by atoms with Crippen LogP contribution in [0.3, 0.4) is 0 Å². The molecule has 0 saturated carbocycles. The Morgan fingerprint density at radius 1 is 1.38 bits per heavy atom. The number of hydrogen-bond donors (Lipinski definition) is 2. The lowest BCUT2D eigenvalue weighted by Gasteiger charge is -2.14. The first kappa shape index (κ1) is 12.6. The standard InChI is InChI=1S/C8H7F5N2O/c9-7(10)3-1-5(16)15-6(4(3)2-14)8(11,12)13/h1,7H,2,14H2,(H,15,16). The van der Waals surface area contributed by atoms with Gasteiger partial charge in [-0.05, 0) is 0 Å². The first-order chi connectivity index (χ1) is 7.27. The van der Waals surface area contributed by atoms with Crippen LogP contribution in [0.5, 0.6) is 0 Å². The Bertz CT molecular complexity index is 437. The lowest BCUT2D eigenvalue weighted by molar-refractivity contribution is -0.142. The quantitative estimate of drug-likeness (QED) is 0.777. The molecule has 0 unspecified atom stereocenters. The molecule has 3 N–H and O–H groups in total. The van der Waals surface area contributed by atoms with Crippen LogP contribution >= 0.6 is 0 Å². The molecule has 8 heteroatoms. The second-order valence-corrected chi connectivity index (χ2v) is 2.95. The summed E-state index contributed by atoms with van der Waals surface area (Å²) in [6.07, 6.45) is -8.10. The van der Waals surface area contributed by atoms with Gasteiger partial charge in [0, 0.05) is 23.7 Å². The molecule has 0 aliphatic heterocycles. The van der Waals surface area contributed by atoms with Gasteiger partial charge in [0.05, 0.1) is 0 Å². The van der Waals surface area contributed by atoms with Crippen molar-refractivity contribution in [3.8, 4) is 0 Å². The van der Waals surface area contributed by atoms with E-state index in [2.05, 4.69) is 0 Å². The number of nitrogens with two attached hydrogens (primary N) is 1. The van der Waals surface area contributed by atoms with E-state index in [0.717, 1.165) is 0 Å². The summed E-state index contributed by atoms with van der Waals surface area (Å²) in [7, 11) is 0. The van der Waals surface area contributed by atoms with E-state index in [1.54, 1.807) is 0 Å². The lowest BCUT2D eigenvalue weighted by atomic mass is 10.1. The summed E-state index contributed by atoms with van der Waals surface area (Å²) in [5.74, 6) is 0. The van der Waals surface area contributed by atoms with E-state index < -0.39 is 41.5 Å². The fourth-order valence-electron chi connectivity index (χ4n) is 1.26. The van der Waals surface area contributed by atoms with E-state index in [9.17, 15) is 26.7 Å². The minimum absolute atomic E-state index is 0.419. The topological polar surface area (TPSA) is 58.9 Å². The number of nitrogens with one attached hydrogen (secondary N) is 1. The molecule has 1 heterocycles. The molecule has 0 aliphatic carbocycles. The Morgan fingerprint density at radius 3 is 2.31 bits per heavy atom. The van der Waals surface area contributed by atoms with Crippen molar-refractivity contribution < 1.29 is 22.0 Å². The maximum absolute atomic E-state index is 12.4. The zero-order valence-corrected chi connectivity index (χ0v) is 7.74. The summed E-state index contributed by atoms with van der Waals surface area (Å²) < 4.78 is 61.9. The smallest absolute Gasteiger partial charge is 0.326 e. The molecule has 90 valence electrons. The fourth-order valence-corrected chi connectivity index (χ4v) is 1.26. The van der Waals surface area contributed by atoms with Crippen molar-refractivity contribution in [2.24, 2.45) is 5.73 Å². The van der Waals surface area contributed by atoms with Gasteiger partial charge in [-0.25, -0.2) is 8.78 Å². The number of H-pyrrole nitrogens is 1. The molecule has 0 amide bonds. The average Bonchev–Trinajstić information content (AvgIpc) is 2.14. The van der Waals surface area contributed by atoms with Crippen molar-refractivity contribution in [3.63, 3.8) is 0 Å². The van der Waals surface area contributed by atoms with Crippen LogP contribution in [0.15, 0.2) is 10.9 Å². The number of halogens is 5. The Morgan fingerprint density at radius 2 is 1.94 bits per heavy atom. The zero-order valence-electron chi connectivity index (χ0n) is 7.74. The fraction of sp³-hybridized carbons (Fsp3) is 0.375. The SMILES string of the molecule is NCc1c(C(F)F)cc(=O)[nH]c1C(F)(F)F. The predicted octanol–water partition coefficient (Wildman–Crippen LogP) is 1.79. The molecule has 0 radical (unpaired) electrons. The third kappa shape index (κ3) is 2.38. The average molecular weight is 242 g/mol. The molecule has 0 bridgehead atoms. The number of hydrogen-bond acceptors (Lipinski definition) is 2. The Balaban J connectivity index is 3.55. The highest BCUT2D eigenvalue weighted by atomic mass is 19.4. The van der Waals surface area contributed by atoms with E-state index in [1.807, 2.05) is 0 Å². The molecule has 0 aliphatic rings. The minimum atomic E-state index is -4.92. The lowest BCUT2D eigenvalue weighted by Crippen LogP contribution is -2.22. The first-order valence-corrected chi connectivity index (χ1v) is 4.09. The van der Waals surface area contributed by atoms with Crippen LogP contribution in [-0.2, 0) is 12.7 Å². The van der Waals surface area contributed by atoms with E-state index >= 15 is 0 Å². The zero-order chi connectivity index (χ0) is 12.5. The van der Waals surface area contributed by atoms with Gasteiger partial charge in [0.2, 0.25) is 5.56 Å². The highest BCUT2D eigenvalue weighted by Gasteiger charge is 2.36. The number of rotatable bonds is 2. The molecule has 16 heavy (non-hydrogen) atoms. The van der Waals surface area contributed by atoms with Gasteiger partial charge in [-0.1, -0.05) is 0 Å². The van der Waals surface area contributed by atoms with Crippen LogP contribution in [-0.4, -0.2) is 4.98 Å². The Hall–Kier alpha value is -1.44. The van der Waals surface area contributed by atoms with Crippen molar-refractivity contribution in [2.75, 3.05) is 0 Å². The van der Waals surface area contributed by atoms with Crippen LogP contribution < -0.4 is 11.3 Å². The molecule has 3 nitrogen and oxygen atoms in total. The molecule has 1 aromatic heterocycles. The van der Waals surface area contributed by atoms with Gasteiger partial charge in [0.15, 0.2) is 0 Å². The van der Waals surface area contributed by atoms with Gasteiger partial charge in [0.1, 0.15) is 5.69 Å². The van der Waals surface area contributed by atoms with E-state index in [-0.39, 0.29) is 0 Å². The van der Waals surface area contributed by atoms with E-state index in [4.69, 9.17) is 5.73 Å². The van der Waals surface area contributed by atoms with Gasteiger partial charge < -0.3 is 10.7 Å². The highest BCUT2D eigenvalue weighted by Crippen LogP contribution is 2.33. The third-order valence-corrected chi connectivity index (χ3v) is 1.91. The van der Waals surface area contributed by atoms with Crippen LogP contribution in [0.1, 0.15) is 23.2 Å². The van der Waals surface area contributed by atoms with Crippen molar-refractivity contribution in [1.29, 1.82) is 0 Å². The summed E-state index contributed by atoms with van der Waals surface area (Å²) >= 11 is 0. The Kier molecular flexibility index (Phi) is 3.32. The van der Waals surface area contributed by atoms with Crippen molar-refractivity contribution in [3.05, 3.63) is 33.2 Å². The molecular formula is C8H7F5N2O. The number of alkyl halides is 5. The molecule has 0 atom stereocenters. The summed E-state index contributed by atoms with van der Waals surface area (Å²) in [6, 6.07) is 0.419. The summed E-state index contributed by atoms with van der Waals surface area (Å²) in [6.45, 7) is -0.731. The van der Waals surface area contributed by atoms with Gasteiger partial charge in [-0.15, -0.1) is 0 Å². The monoisotopic (exact) mass is 242 g/mol. The van der Waals surface area contributed by atoms with Crippen LogP contribution in [0.4, 0.5) is 22.0 Å². The summed E-state index contributed by atoms with van der Waals surface area (Å²) in [5.41, 5.74) is 0.451. The number of aromatic amines is 1. The van der Waals surface area contributed by atoms with Gasteiger partial charge in [0.25, 0.3) is 6.43 Å². The highest BCUT2D eigenvalue weighted by molar-refractivity contribution is 5.32. The molecule has 0 saturated heterocycles. The van der Waals surface area contributed by atoms with Gasteiger partial charge in [-0.3, -0.25) is 4.79 Å². The van der Waals surface area contributed by atoms with Gasteiger partial charge in [-0.2, -0.15) is 13.2 Å². The summed E-state index contributed by atoms with van der Waals surface area (Å²) in [4.78, 5) is 12.3. The summed E-state index contributed by atoms with van der Waals surface area (Å²) in [5, 5.41) is 0. The minimum Gasteiger partial charge on any atom is -0.326 e. The van der Waals surface area contributed by atoms with Gasteiger partial charge >= 0.3 is 6.18 Å². The van der Waals surface area contributed by atoms with Crippen molar-refractivity contribution >= 4 is 0 Å². The maximum atomic E-state index is 12.4. The van der Waals surface area contributed by atoms with Crippen LogP contribution in [0.2, 0.25) is 0 Å². The number of aromatic nitrogens is 1. The van der Waals surface area contributed by atoms with Crippen molar-refractivity contribution in [1.82, 2.24) is 4.98 Å². The molecule has 1 aromatic rings. The second-order valence-electron chi connectivity index (χ2n) is 2.95. The molecule has 0 aromatic carbocycles.